The quantitative estimate of drug-likeness (QED) is 0.785. The summed E-state index contributed by atoms with van der Waals surface area (Å²) >= 11 is 0. The Morgan fingerprint density at radius 3 is 2.95 bits per heavy atom. The van der Waals surface area contributed by atoms with Gasteiger partial charge in [-0.3, -0.25) is 10.1 Å². The first kappa shape index (κ1) is 13.1. The summed E-state index contributed by atoms with van der Waals surface area (Å²) in [6, 6.07) is 7.56. The Hall–Kier alpha value is -1.88. The Morgan fingerprint density at radius 1 is 1.40 bits per heavy atom. The topological polar surface area (TPSA) is 69.8 Å². The fourth-order valence-corrected chi connectivity index (χ4v) is 2.86. The van der Waals surface area contributed by atoms with Gasteiger partial charge in [0.2, 0.25) is 11.9 Å². The van der Waals surface area contributed by atoms with Crippen LogP contribution < -0.4 is 10.6 Å². The Morgan fingerprint density at radius 2 is 2.20 bits per heavy atom. The highest BCUT2D eigenvalue weighted by Gasteiger charge is 2.37. The molecule has 1 aliphatic heterocycles. The molecule has 1 saturated heterocycles. The van der Waals surface area contributed by atoms with Gasteiger partial charge < -0.3 is 10.3 Å². The van der Waals surface area contributed by atoms with Gasteiger partial charge in [-0.05, 0) is 36.9 Å². The third-order valence-electron chi connectivity index (χ3n) is 4.02. The van der Waals surface area contributed by atoms with Crippen LogP contribution in [0.15, 0.2) is 24.3 Å². The van der Waals surface area contributed by atoms with Crippen molar-refractivity contribution in [3.8, 4) is 0 Å². The minimum Gasteiger partial charge on any atom is -0.324 e. The molecule has 106 valence electrons. The summed E-state index contributed by atoms with van der Waals surface area (Å²) in [6.07, 6.45) is 2.17. The van der Waals surface area contributed by atoms with E-state index in [0.29, 0.717) is 5.95 Å². The predicted molar refractivity (Wildman–Crippen MR) is 79.5 cm³/mol. The predicted octanol–water partition coefficient (Wildman–Crippen LogP) is 2.28. The zero-order chi connectivity index (χ0) is 14.2. The molecule has 1 aromatic heterocycles. The summed E-state index contributed by atoms with van der Waals surface area (Å²) in [4.78, 5) is 19.9. The van der Waals surface area contributed by atoms with Crippen LogP contribution in [-0.2, 0) is 4.79 Å². The molecule has 20 heavy (non-hydrogen) atoms. The molecule has 1 fully saturated rings. The zero-order valence-corrected chi connectivity index (χ0v) is 11.9. The van der Waals surface area contributed by atoms with Gasteiger partial charge in [0.1, 0.15) is 0 Å². The van der Waals surface area contributed by atoms with Crippen LogP contribution >= 0.6 is 0 Å². The van der Waals surface area contributed by atoms with Crippen molar-refractivity contribution in [2.24, 2.45) is 5.41 Å². The maximum Gasteiger partial charge on any atom is 0.244 e. The minimum atomic E-state index is -0.176. The van der Waals surface area contributed by atoms with Crippen LogP contribution in [0.1, 0.15) is 26.7 Å². The molecule has 0 bridgehead atoms. The van der Waals surface area contributed by atoms with Crippen LogP contribution in [0.4, 0.5) is 5.95 Å². The first-order valence-corrected chi connectivity index (χ1v) is 7.05. The number of aromatic nitrogens is 2. The number of H-pyrrole nitrogens is 1. The summed E-state index contributed by atoms with van der Waals surface area (Å²) in [5.74, 6) is 0.494. The van der Waals surface area contributed by atoms with E-state index >= 15 is 0 Å². The number of aromatic amines is 1. The largest absolute Gasteiger partial charge is 0.324 e. The van der Waals surface area contributed by atoms with E-state index in [9.17, 15) is 4.79 Å². The highest BCUT2D eigenvalue weighted by molar-refractivity contribution is 5.95. The maximum atomic E-state index is 12.4. The van der Waals surface area contributed by atoms with Crippen LogP contribution in [0.2, 0.25) is 0 Å². The highest BCUT2D eigenvalue weighted by Crippen LogP contribution is 2.30. The number of anilines is 1. The highest BCUT2D eigenvalue weighted by atomic mass is 16.2. The van der Waals surface area contributed by atoms with E-state index in [-0.39, 0.29) is 17.4 Å². The molecule has 5 heteroatoms. The molecule has 5 nitrogen and oxygen atoms in total. The van der Waals surface area contributed by atoms with Crippen molar-refractivity contribution in [1.82, 2.24) is 15.3 Å². The van der Waals surface area contributed by atoms with Crippen molar-refractivity contribution in [3.05, 3.63) is 24.3 Å². The van der Waals surface area contributed by atoms with Crippen molar-refractivity contribution in [3.63, 3.8) is 0 Å². The smallest absolute Gasteiger partial charge is 0.244 e. The number of amides is 1. The molecule has 1 unspecified atom stereocenters. The Kier molecular flexibility index (Phi) is 3.22. The van der Waals surface area contributed by atoms with Gasteiger partial charge in [0, 0.05) is 0 Å². The number of carbonyl (C=O) groups is 1. The van der Waals surface area contributed by atoms with Crippen molar-refractivity contribution in [2.75, 3.05) is 11.9 Å². The van der Waals surface area contributed by atoms with E-state index in [1.54, 1.807) is 0 Å². The second-order valence-corrected chi connectivity index (χ2v) is 6.07. The SMILES string of the molecule is CC1(C)CCCNC1C(=O)Nc1nc2ccccc2[nH]1. The molecule has 3 rings (SSSR count). The molecule has 1 aromatic carbocycles. The number of fused-ring (bicyclic) bond motifs is 1. The third-order valence-corrected chi connectivity index (χ3v) is 4.02. The van der Waals surface area contributed by atoms with Crippen LogP contribution in [-0.4, -0.2) is 28.5 Å². The van der Waals surface area contributed by atoms with E-state index in [1.807, 2.05) is 24.3 Å². The van der Waals surface area contributed by atoms with Gasteiger partial charge in [0.25, 0.3) is 0 Å². The molecule has 0 aliphatic carbocycles. The second-order valence-electron chi connectivity index (χ2n) is 6.07. The summed E-state index contributed by atoms with van der Waals surface area (Å²) in [6.45, 7) is 5.14. The van der Waals surface area contributed by atoms with E-state index in [2.05, 4.69) is 34.4 Å². The van der Waals surface area contributed by atoms with Gasteiger partial charge in [-0.25, -0.2) is 4.98 Å². The van der Waals surface area contributed by atoms with Gasteiger partial charge in [0.05, 0.1) is 17.1 Å². The molecule has 1 amide bonds. The monoisotopic (exact) mass is 272 g/mol. The van der Waals surface area contributed by atoms with Crippen molar-refractivity contribution in [1.29, 1.82) is 0 Å². The van der Waals surface area contributed by atoms with Crippen LogP contribution in [0.3, 0.4) is 0 Å². The summed E-state index contributed by atoms with van der Waals surface area (Å²) in [5, 5.41) is 6.20. The molecule has 1 aliphatic rings. The lowest BCUT2D eigenvalue weighted by molar-refractivity contribution is -0.121. The number of nitrogens with one attached hydrogen (secondary N) is 3. The van der Waals surface area contributed by atoms with Gasteiger partial charge in [-0.2, -0.15) is 0 Å². The molecule has 0 saturated carbocycles. The van der Waals surface area contributed by atoms with Crippen LogP contribution in [0, 0.1) is 5.41 Å². The Balaban J connectivity index is 1.78. The van der Waals surface area contributed by atoms with Crippen molar-refractivity contribution < 1.29 is 4.79 Å². The first-order chi connectivity index (χ1) is 9.56. The molecule has 0 spiro atoms. The lowest BCUT2D eigenvalue weighted by Crippen LogP contribution is -2.53. The number of para-hydroxylation sites is 2. The number of imidazole rings is 1. The Labute approximate surface area is 118 Å². The van der Waals surface area contributed by atoms with Crippen molar-refractivity contribution in [2.45, 2.75) is 32.7 Å². The summed E-state index contributed by atoms with van der Waals surface area (Å²) in [7, 11) is 0. The van der Waals surface area contributed by atoms with Crippen molar-refractivity contribution >= 4 is 22.9 Å². The van der Waals surface area contributed by atoms with E-state index in [1.165, 1.54) is 0 Å². The van der Waals surface area contributed by atoms with E-state index in [0.717, 1.165) is 30.4 Å². The zero-order valence-electron chi connectivity index (χ0n) is 11.9. The number of rotatable bonds is 2. The number of piperidine rings is 1. The first-order valence-electron chi connectivity index (χ1n) is 7.05. The van der Waals surface area contributed by atoms with E-state index in [4.69, 9.17) is 0 Å². The van der Waals surface area contributed by atoms with E-state index < -0.39 is 0 Å². The Bertz CT molecular complexity index is 599. The fourth-order valence-electron chi connectivity index (χ4n) is 2.86. The number of benzene rings is 1. The second kappa shape index (κ2) is 4.90. The normalized spacial score (nSPS) is 21.8. The lowest BCUT2D eigenvalue weighted by Gasteiger charge is -2.37. The summed E-state index contributed by atoms with van der Waals surface area (Å²) < 4.78 is 0. The molecule has 0 radical (unpaired) electrons. The third kappa shape index (κ3) is 2.41. The van der Waals surface area contributed by atoms with Gasteiger partial charge in [-0.1, -0.05) is 26.0 Å². The maximum absolute atomic E-state index is 12.4. The molecule has 2 heterocycles. The molecular weight excluding hydrogens is 252 g/mol. The number of hydrogen-bond acceptors (Lipinski definition) is 3. The number of nitrogens with zero attached hydrogens (tertiary/aromatic N) is 1. The van der Waals surface area contributed by atoms with Crippen LogP contribution in [0.5, 0.6) is 0 Å². The lowest BCUT2D eigenvalue weighted by atomic mass is 9.77. The molecular formula is C15H20N4O. The van der Waals surface area contributed by atoms with Gasteiger partial charge >= 0.3 is 0 Å². The standard InChI is InChI=1S/C15H20N4O/c1-15(2)8-5-9-16-12(15)13(20)19-14-17-10-6-3-4-7-11(10)18-14/h3-4,6-7,12,16H,5,8-9H2,1-2H3,(H2,17,18,19,20). The number of hydrogen-bond donors (Lipinski definition) is 3. The fraction of sp³-hybridized carbons (Fsp3) is 0.467. The average molecular weight is 272 g/mol. The summed E-state index contributed by atoms with van der Waals surface area (Å²) in [5.41, 5.74) is 1.76. The molecule has 1 atom stereocenters. The minimum absolute atomic E-state index is 0.0197. The average Bonchev–Trinajstić information content (AvgIpc) is 2.80. The van der Waals surface area contributed by atoms with Crippen LogP contribution in [0.25, 0.3) is 11.0 Å². The van der Waals surface area contributed by atoms with Gasteiger partial charge in [-0.15, -0.1) is 0 Å². The number of carbonyl (C=O) groups excluding carboxylic acids is 1. The molecule has 3 N–H and O–H groups in total. The molecule has 2 aromatic rings. The van der Waals surface area contributed by atoms with Gasteiger partial charge in [0.15, 0.2) is 0 Å².